The van der Waals surface area contributed by atoms with Crippen molar-refractivity contribution in [1.82, 2.24) is 10.6 Å². The SMILES string of the molecule is CCC(CC)NC(=O)CNCc1ccco1. The number of hydrogen-bond donors (Lipinski definition) is 2. The van der Waals surface area contributed by atoms with Gasteiger partial charge < -0.3 is 15.1 Å². The van der Waals surface area contributed by atoms with Crippen molar-refractivity contribution in [2.24, 2.45) is 0 Å². The van der Waals surface area contributed by atoms with Gasteiger partial charge in [-0.25, -0.2) is 0 Å². The van der Waals surface area contributed by atoms with Crippen molar-refractivity contribution in [3.8, 4) is 0 Å². The lowest BCUT2D eigenvalue weighted by Gasteiger charge is -2.14. The molecule has 0 aliphatic carbocycles. The molecule has 1 rings (SSSR count). The van der Waals surface area contributed by atoms with Gasteiger partial charge in [0.25, 0.3) is 0 Å². The lowest BCUT2D eigenvalue weighted by Crippen LogP contribution is -2.39. The van der Waals surface area contributed by atoms with E-state index in [9.17, 15) is 4.79 Å². The molecular formula is C12H20N2O2. The van der Waals surface area contributed by atoms with Gasteiger partial charge in [0.2, 0.25) is 5.91 Å². The smallest absolute Gasteiger partial charge is 0.234 e. The summed E-state index contributed by atoms with van der Waals surface area (Å²) in [5, 5.41) is 6.00. The molecule has 4 heteroatoms. The highest BCUT2D eigenvalue weighted by Crippen LogP contribution is 1.98. The van der Waals surface area contributed by atoms with Crippen molar-refractivity contribution >= 4 is 5.91 Å². The predicted octanol–water partition coefficient (Wildman–Crippen LogP) is 1.67. The standard InChI is InChI=1S/C12H20N2O2/c1-3-10(4-2)14-12(15)9-13-8-11-6-5-7-16-11/h5-7,10,13H,3-4,8-9H2,1-2H3,(H,14,15). The largest absolute Gasteiger partial charge is 0.468 e. The van der Waals surface area contributed by atoms with E-state index in [2.05, 4.69) is 24.5 Å². The summed E-state index contributed by atoms with van der Waals surface area (Å²) in [6.45, 7) is 5.07. The zero-order valence-corrected chi connectivity index (χ0v) is 9.95. The molecule has 0 aliphatic rings. The van der Waals surface area contributed by atoms with Gasteiger partial charge in [-0.1, -0.05) is 13.8 Å². The number of nitrogens with one attached hydrogen (secondary N) is 2. The Hall–Kier alpha value is -1.29. The molecule has 0 spiro atoms. The first-order chi connectivity index (χ1) is 7.76. The van der Waals surface area contributed by atoms with E-state index in [0.29, 0.717) is 13.1 Å². The van der Waals surface area contributed by atoms with Crippen LogP contribution < -0.4 is 10.6 Å². The van der Waals surface area contributed by atoms with Crippen molar-refractivity contribution < 1.29 is 9.21 Å². The maximum absolute atomic E-state index is 11.5. The first-order valence-electron chi connectivity index (χ1n) is 5.78. The third-order valence-electron chi connectivity index (χ3n) is 2.52. The Labute approximate surface area is 96.4 Å². The van der Waals surface area contributed by atoms with Crippen LogP contribution >= 0.6 is 0 Å². The fourth-order valence-corrected chi connectivity index (χ4v) is 1.48. The number of carbonyl (C=O) groups excluding carboxylic acids is 1. The Morgan fingerprint density at radius 3 is 2.75 bits per heavy atom. The molecule has 0 saturated heterocycles. The van der Waals surface area contributed by atoms with E-state index in [1.807, 2.05) is 12.1 Å². The van der Waals surface area contributed by atoms with E-state index >= 15 is 0 Å². The summed E-state index contributed by atoms with van der Waals surface area (Å²) >= 11 is 0. The van der Waals surface area contributed by atoms with Crippen LogP contribution in [0.4, 0.5) is 0 Å². The van der Waals surface area contributed by atoms with E-state index in [1.165, 1.54) is 0 Å². The normalized spacial score (nSPS) is 10.7. The Morgan fingerprint density at radius 2 is 2.19 bits per heavy atom. The van der Waals surface area contributed by atoms with Crippen LogP contribution in [0.2, 0.25) is 0 Å². The Morgan fingerprint density at radius 1 is 1.44 bits per heavy atom. The Kier molecular flexibility index (Phi) is 5.64. The average molecular weight is 224 g/mol. The highest BCUT2D eigenvalue weighted by atomic mass is 16.3. The molecule has 0 aliphatic heterocycles. The second kappa shape index (κ2) is 7.06. The fourth-order valence-electron chi connectivity index (χ4n) is 1.48. The minimum Gasteiger partial charge on any atom is -0.468 e. The van der Waals surface area contributed by atoms with Crippen LogP contribution in [-0.4, -0.2) is 18.5 Å². The minimum absolute atomic E-state index is 0.0419. The molecule has 0 aromatic carbocycles. The number of rotatable bonds is 7. The van der Waals surface area contributed by atoms with Gasteiger partial charge >= 0.3 is 0 Å². The third-order valence-corrected chi connectivity index (χ3v) is 2.52. The summed E-state index contributed by atoms with van der Waals surface area (Å²) in [7, 11) is 0. The first-order valence-corrected chi connectivity index (χ1v) is 5.78. The topological polar surface area (TPSA) is 54.3 Å². The third kappa shape index (κ3) is 4.49. The molecule has 0 saturated carbocycles. The highest BCUT2D eigenvalue weighted by Gasteiger charge is 2.07. The van der Waals surface area contributed by atoms with Gasteiger partial charge in [-0.3, -0.25) is 4.79 Å². The van der Waals surface area contributed by atoms with E-state index in [0.717, 1.165) is 18.6 Å². The number of amides is 1. The zero-order valence-electron chi connectivity index (χ0n) is 9.95. The van der Waals surface area contributed by atoms with Crippen molar-refractivity contribution in [2.45, 2.75) is 39.3 Å². The van der Waals surface area contributed by atoms with E-state index in [4.69, 9.17) is 4.42 Å². The molecule has 1 aromatic heterocycles. The minimum atomic E-state index is 0.0419. The molecule has 90 valence electrons. The molecule has 0 radical (unpaired) electrons. The molecule has 1 heterocycles. The summed E-state index contributed by atoms with van der Waals surface area (Å²) in [6.07, 6.45) is 3.57. The van der Waals surface area contributed by atoms with Gasteiger partial charge in [-0.05, 0) is 25.0 Å². The van der Waals surface area contributed by atoms with E-state index in [1.54, 1.807) is 6.26 Å². The molecule has 0 unspecified atom stereocenters. The Balaban J connectivity index is 2.15. The van der Waals surface area contributed by atoms with Crippen molar-refractivity contribution in [3.05, 3.63) is 24.2 Å². The van der Waals surface area contributed by atoms with Crippen LogP contribution in [0.1, 0.15) is 32.4 Å². The molecular weight excluding hydrogens is 204 g/mol. The molecule has 4 nitrogen and oxygen atoms in total. The van der Waals surface area contributed by atoms with Gasteiger partial charge in [-0.15, -0.1) is 0 Å². The molecule has 1 aromatic rings. The second-order valence-electron chi connectivity index (χ2n) is 3.76. The van der Waals surface area contributed by atoms with E-state index in [-0.39, 0.29) is 11.9 Å². The highest BCUT2D eigenvalue weighted by molar-refractivity contribution is 5.78. The second-order valence-corrected chi connectivity index (χ2v) is 3.76. The zero-order chi connectivity index (χ0) is 11.8. The van der Waals surface area contributed by atoms with Crippen molar-refractivity contribution in [1.29, 1.82) is 0 Å². The number of carbonyl (C=O) groups is 1. The average Bonchev–Trinajstić information content (AvgIpc) is 2.79. The summed E-state index contributed by atoms with van der Waals surface area (Å²) in [4.78, 5) is 11.5. The molecule has 0 atom stereocenters. The van der Waals surface area contributed by atoms with E-state index < -0.39 is 0 Å². The van der Waals surface area contributed by atoms with Crippen LogP contribution in [0.15, 0.2) is 22.8 Å². The van der Waals surface area contributed by atoms with Crippen LogP contribution in [0, 0.1) is 0 Å². The number of furan rings is 1. The van der Waals surface area contributed by atoms with Crippen LogP contribution in [0.3, 0.4) is 0 Å². The van der Waals surface area contributed by atoms with Crippen molar-refractivity contribution in [3.63, 3.8) is 0 Å². The van der Waals surface area contributed by atoms with Gasteiger partial charge in [-0.2, -0.15) is 0 Å². The van der Waals surface area contributed by atoms with Gasteiger partial charge in [0.05, 0.1) is 19.4 Å². The van der Waals surface area contributed by atoms with Gasteiger partial charge in [0, 0.05) is 6.04 Å². The molecule has 1 amide bonds. The fraction of sp³-hybridized carbons (Fsp3) is 0.583. The maximum atomic E-state index is 11.5. The van der Waals surface area contributed by atoms with Crippen LogP contribution in [0.25, 0.3) is 0 Å². The van der Waals surface area contributed by atoms with Crippen LogP contribution in [0.5, 0.6) is 0 Å². The lowest BCUT2D eigenvalue weighted by molar-refractivity contribution is -0.121. The summed E-state index contributed by atoms with van der Waals surface area (Å²) in [6, 6.07) is 4.01. The molecule has 0 fully saturated rings. The lowest BCUT2D eigenvalue weighted by atomic mass is 10.2. The summed E-state index contributed by atoms with van der Waals surface area (Å²) < 4.78 is 5.14. The molecule has 0 bridgehead atoms. The van der Waals surface area contributed by atoms with Crippen LogP contribution in [-0.2, 0) is 11.3 Å². The molecule has 16 heavy (non-hydrogen) atoms. The Bertz CT molecular complexity index is 292. The van der Waals surface area contributed by atoms with Gasteiger partial charge in [0.1, 0.15) is 5.76 Å². The maximum Gasteiger partial charge on any atom is 0.234 e. The summed E-state index contributed by atoms with van der Waals surface area (Å²) in [5.41, 5.74) is 0. The predicted molar refractivity (Wildman–Crippen MR) is 62.9 cm³/mol. The van der Waals surface area contributed by atoms with Crippen molar-refractivity contribution in [2.75, 3.05) is 6.54 Å². The van der Waals surface area contributed by atoms with Gasteiger partial charge in [0.15, 0.2) is 0 Å². The summed E-state index contributed by atoms with van der Waals surface area (Å²) in [5.74, 6) is 0.885. The molecule has 2 N–H and O–H groups in total. The monoisotopic (exact) mass is 224 g/mol. The quantitative estimate of drug-likeness (QED) is 0.740. The number of hydrogen-bond acceptors (Lipinski definition) is 3. The first kappa shape index (κ1) is 12.8.